The van der Waals surface area contributed by atoms with Gasteiger partial charge in [0.25, 0.3) is 0 Å². The summed E-state index contributed by atoms with van der Waals surface area (Å²) in [4.78, 5) is 38.0. The van der Waals surface area contributed by atoms with Crippen LogP contribution in [0.3, 0.4) is 0 Å². The molecular weight excluding hydrogens is 779 g/mol. The molecular formula is C50H73N7O5. The number of hydrogen-bond donors (Lipinski definition) is 2. The molecule has 1 saturated heterocycles. The van der Waals surface area contributed by atoms with Crippen LogP contribution in [-0.4, -0.2) is 122 Å². The number of aryl methyl sites for hydroxylation is 1. The van der Waals surface area contributed by atoms with E-state index in [1.807, 2.05) is 18.3 Å². The highest BCUT2D eigenvalue weighted by Gasteiger charge is 2.23. The number of likely N-dealkylation sites (N-methyl/N-ethyl adjacent to an activating group) is 1. The highest BCUT2D eigenvalue weighted by atomic mass is 16.5. The highest BCUT2D eigenvalue weighted by molar-refractivity contribution is 5.94. The van der Waals surface area contributed by atoms with Crippen molar-refractivity contribution in [3.8, 4) is 11.1 Å². The first kappa shape index (κ1) is 47.3. The van der Waals surface area contributed by atoms with E-state index in [1.54, 1.807) is 7.05 Å². The Labute approximate surface area is 370 Å². The van der Waals surface area contributed by atoms with Crippen LogP contribution in [0.5, 0.6) is 0 Å². The molecule has 1 atom stereocenters. The largest absolute Gasteiger partial charge is 0.379 e. The second-order valence-electron chi connectivity index (χ2n) is 17.1. The van der Waals surface area contributed by atoms with Gasteiger partial charge in [0.05, 0.1) is 39.0 Å². The van der Waals surface area contributed by atoms with Gasteiger partial charge >= 0.3 is 0 Å². The number of piperazine rings is 1. The lowest BCUT2D eigenvalue weighted by Crippen LogP contribution is -2.46. The fraction of sp³-hybridized carbons (Fsp3) is 0.600. The molecule has 1 saturated carbocycles. The number of nitrogens with one attached hydrogen (secondary N) is 2. The number of rotatable bonds is 27. The Kier molecular flexibility index (Phi) is 19.7. The molecule has 12 nitrogen and oxygen atoms in total. The summed E-state index contributed by atoms with van der Waals surface area (Å²) in [6, 6.07) is 17.8. The second-order valence-corrected chi connectivity index (χ2v) is 17.1. The van der Waals surface area contributed by atoms with Crippen molar-refractivity contribution in [2.75, 3.05) is 91.3 Å². The number of nitrogens with zero attached hydrogens (tertiary/aromatic N) is 5. The zero-order valence-electron chi connectivity index (χ0n) is 37.8. The Morgan fingerprint density at radius 3 is 2.18 bits per heavy atom. The van der Waals surface area contributed by atoms with Crippen LogP contribution in [-0.2, 0) is 36.8 Å². The summed E-state index contributed by atoms with van der Waals surface area (Å²) in [6.07, 6.45) is 16.6. The zero-order valence-corrected chi connectivity index (χ0v) is 37.8. The van der Waals surface area contributed by atoms with Gasteiger partial charge in [0.15, 0.2) is 0 Å². The standard InChI is InChI=1S/C50H73N7O5/c1-4-39(5-2)35-52-50-53-36-46-47(38-57(48(46)54-50)44-12-7-6-8-13-44)43-21-17-41(18-22-43)37-56-25-23-55(24-26-56)27-30-61-32-34-62-33-31-60-29-10-11-40-15-19-42(20-16-40)45(14-9-28-58)49(59)51-3/h15-22,28,36,38-39,44-45H,4-14,23-27,29-35,37H2,1-3H3,(H,51,59)(H,52,53,54). The van der Waals surface area contributed by atoms with E-state index in [1.165, 1.54) is 54.4 Å². The predicted octanol–water partition coefficient (Wildman–Crippen LogP) is 8.06. The van der Waals surface area contributed by atoms with Crippen LogP contribution in [0.2, 0.25) is 0 Å². The lowest BCUT2D eigenvalue weighted by molar-refractivity contribution is -0.122. The number of anilines is 1. The molecule has 2 aromatic carbocycles. The van der Waals surface area contributed by atoms with Crippen LogP contribution in [0.25, 0.3) is 22.2 Å². The molecule has 0 bridgehead atoms. The van der Waals surface area contributed by atoms with E-state index < -0.39 is 0 Å². The number of carbonyl (C=O) groups excluding carboxylic acids is 2. The number of fused-ring (bicyclic) bond motifs is 1. The maximum atomic E-state index is 12.2. The van der Waals surface area contributed by atoms with Gasteiger partial charge in [0.1, 0.15) is 11.9 Å². The van der Waals surface area contributed by atoms with Gasteiger partial charge in [0.2, 0.25) is 11.9 Å². The van der Waals surface area contributed by atoms with E-state index in [0.29, 0.717) is 64.4 Å². The minimum Gasteiger partial charge on any atom is -0.379 e. The lowest BCUT2D eigenvalue weighted by atomic mass is 9.92. The summed E-state index contributed by atoms with van der Waals surface area (Å²) in [5, 5.41) is 7.38. The van der Waals surface area contributed by atoms with Crippen LogP contribution < -0.4 is 10.6 Å². The molecule has 3 heterocycles. The van der Waals surface area contributed by atoms with E-state index in [0.717, 1.165) is 100 Å². The minimum atomic E-state index is -0.298. The van der Waals surface area contributed by atoms with Crippen molar-refractivity contribution in [3.05, 3.63) is 77.6 Å². The van der Waals surface area contributed by atoms with Crippen molar-refractivity contribution in [3.63, 3.8) is 0 Å². The van der Waals surface area contributed by atoms with Crippen molar-refractivity contribution < 1.29 is 23.8 Å². The average Bonchev–Trinajstić information content (AvgIpc) is 3.70. The maximum absolute atomic E-state index is 12.2. The Balaban J connectivity index is 0.830. The number of hydrogen-bond acceptors (Lipinski definition) is 10. The van der Waals surface area contributed by atoms with Crippen LogP contribution >= 0.6 is 0 Å². The molecule has 6 rings (SSSR count). The Hall–Kier alpha value is -4.20. The monoisotopic (exact) mass is 852 g/mol. The molecule has 1 amide bonds. The SMILES string of the molecule is CCC(CC)CNc1ncc2c(-c3ccc(CN4CCN(CCOCCOCCOCCCc5ccc(C(CCC=O)C(=O)NC)cc5)CC4)cc3)cn(C3CCCCC3)c2n1. The number of benzene rings is 2. The van der Waals surface area contributed by atoms with Crippen molar-refractivity contribution in [2.24, 2.45) is 5.92 Å². The van der Waals surface area contributed by atoms with Gasteiger partial charge in [-0.05, 0) is 60.3 Å². The normalized spacial score (nSPS) is 15.9. The second kappa shape index (κ2) is 25.8. The van der Waals surface area contributed by atoms with Gasteiger partial charge in [-0.2, -0.15) is 4.98 Å². The molecule has 0 radical (unpaired) electrons. The zero-order chi connectivity index (χ0) is 43.4. The molecule has 1 aliphatic carbocycles. The number of aldehydes is 1. The van der Waals surface area contributed by atoms with Crippen LogP contribution in [0, 0.1) is 5.92 Å². The van der Waals surface area contributed by atoms with Gasteiger partial charge in [-0.25, -0.2) is 4.98 Å². The van der Waals surface area contributed by atoms with E-state index in [-0.39, 0.29) is 11.8 Å². The minimum absolute atomic E-state index is 0.0578. The van der Waals surface area contributed by atoms with Crippen molar-refractivity contribution in [1.82, 2.24) is 29.7 Å². The molecule has 2 fully saturated rings. The molecule has 62 heavy (non-hydrogen) atoms. The number of amides is 1. The number of carbonyl (C=O) groups is 2. The summed E-state index contributed by atoms with van der Waals surface area (Å²) in [5.41, 5.74) is 7.01. The van der Waals surface area contributed by atoms with Crippen molar-refractivity contribution in [2.45, 2.75) is 103 Å². The Morgan fingerprint density at radius 1 is 0.839 bits per heavy atom. The summed E-state index contributed by atoms with van der Waals surface area (Å²) < 4.78 is 19.8. The van der Waals surface area contributed by atoms with Crippen molar-refractivity contribution in [1.29, 1.82) is 0 Å². The van der Waals surface area contributed by atoms with Gasteiger partial charge in [0, 0.05) is 95.3 Å². The topological polar surface area (TPSA) is 123 Å². The smallest absolute Gasteiger partial charge is 0.227 e. The fourth-order valence-corrected chi connectivity index (χ4v) is 8.90. The van der Waals surface area contributed by atoms with Crippen molar-refractivity contribution >= 4 is 29.2 Å². The van der Waals surface area contributed by atoms with Gasteiger partial charge in [-0.3, -0.25) is 14.6 Å². The summed E-state index contributed by atoms with van der Waals surface area (Å²) in [5.74, 6) is 1.02. The third-order valence-electron chi connectivity index (χ3n) is 12.9. The molecule has 2 aromatic heterocycles. The Morgan fingerprint density at radius 2 is 1.50 bits per heavy atom. The third-order valence-corrected chi connectivity index (χ3v) is 12.9. The molecule has 1 unspecified atom stereocenters. The Bertz CT molecular complexity index is 1900. The van der Waals surface area contributed by atoms with Gasteiger partial charge in [-0.15, -0.1) is 0 Å². The first-order valence-corrected chi connectivity index (χ1v) is 23.6. The third kappa shape index (κ3) is 14.2. The molecule has 338 valence electrons. The van der Waals surface area contributed by atoms with Crippen LogP contribution in [0.15, 0.2) is 60.9 Å². The number of ether oxygens (including phenoxy) is 3. The molecule has 2 aliphatic rings. The first-order valence-electron chi connectivity index (χ1n) is 23.6. The molecule has 1 aliphatic heterocycles. The highest BCUT2D eigenvalue weighted by Crippen LogP contribution is 2.37. The summed E-state index contributed by atoms with van der Waals surface area (Å²) >= 11 is 0. The summed E-state index contributed by atoms with van der Waals surface area (Å²) in [6.45, 7) is 15.2. The first-order chi connectivity index (χ1) is 30.5. The summed E-state index contributed by atoms with van der Waals surface area (Å²) in [7, 11) is 1.63. The molecule has 0 spiro atoms. The van der Waals surface area contributed by atoms with Gasteiger partial charge in [-0.1, -0.05) is 94.5 Å². The van der Waals surface area contributed by atoms with Gasteiger partial charge < -0.3 is 34.2 Å². The van der Waals surface area contributed by atoms with E-state index in [2.05, 4.69) is 81.4 Å². The maximum Gasteiger partial charge on any atom is 0.227 e. The molecule has 2 N–H and O–H groups in total. The lowest BCUT2D eigenvalue weighted by Gasteiger charge is -2.34. The number of aromatic nitrogens is 3. The van der Waals surface area contributed by atoms with E-state index in [4.69, 9.17) is 24.2 Å². The quantitative estimate of drug-likeness (QED) is 0.0450. The predicted molar refractivity (Wildman–Crippen MR) is 249 cm³/mol. The van der Waals surface area contributed by atoms with E-state index in [9.17, 15) is 9.59 Å². The van der Waals surface area contributed by atoms with Crippen LogP contribution in [0.4, 0.5) is 5.95 Å². The fourth-order valence-electron chi connectivity index (χ4n) is 8.90. The molecule has 12 heteroatoms. The van der Waals surface area contributed by atoms with E-state index >= 15 is 0 Å². The molecule has 4 aromatic rings. The average molecular weight is 852 g/mol. The van der Waals surface area contributed by atoms with Crippen LogP contribution in [0.1, 0.15) is 107 Å².